The maximum atomic E-state index is 9.34. The Kier molecular flexibility index (Phi) is 4.08. The van der Waals surface area contributed by atoms with Crippen LogP contribution in [0.15, 0.2) is 67.1 Å². The van der Waals surface area contributed by atoms with Crippen molar-refractivity contribution in [3.8, 4) is 17.2 Å². The van der Waals surface area contributed by atoms with Gasteiger partial charge in [-0.15, -0.1) is 0 Å². The molecule has 3 rings (SSSR count). The average Bonchev–Trinajstić information content (AvgIpc) is 2.61. The van der Waals surface area contributed by atoms with E-state index in [9.17, 15) is 5.26 Å². The highest BCUT2D eigenvalue weighted by Crippen LogP contribution is 2.22. The van der Waals surface area contributed by atoms with Crippen LogP contribution < -0.4 is 5.32 Å². The second-order valence-corrected chi connectivity index (χ2v) is 4.81. The van der Waals surface area contributed by atoms with Crippen molar-refractivity contribution in [1.29, 1.82) is 5.26 Å². The molecule has 0 amide bonds. The van der Waals surface area contributed by atoms with Crippen molar-refractivity contribution in [2.24, 2.45) is 0 Å². The largest absolute Gasteiger partial charge is 0.365 e. The summed E-state index contributed by atoms with van der Waals surface area (Å²) in [5.74, 6) is 0.589. The molecule has 0 fully saturated rings. The molecule has 0 aliphatic heterocycles. The second kappa shape index (κ2) is 6.51. The lowest BCUT2D eigenvalue weighted by Gasteiger charge is -2.09. The Morgan fingerprint density at radius 3 is 2.59 bits per heavy atom. The zero-order valence-corrected chi connectivity index (χ0v) is 11.9. The maximum Gasteiger partial charge on any atom is 0.144 e. The minimum atomic E-state index is 0.533. The third-order valence-corrected chi connectivity index (χ3v) is 3.30. The number of rotatable bonds is 4. The highest BCUT2D eigenvalue weighted by atomic mass is 15.0. The Hall–Kier alpha value is -3.19. The van der Waals surface area contributed by atoms with Crippen LogP contribution in [0, 0.1) is 11.3 Å². The van der Waals surface area contributed by atoms with Crippen molar-refractivity contribution in [3.05, 3.63) is 78.2 Å². The van der Waals surface area contributed by atoms with Crippen molar-refractivity contribution in [3.63, 3.8) is 0 Å². The molecule has 0 spiro atoms. The summed E-state index contributed by atoms with van der Waals surface area (Å²) >= 11 is 0. The van der Waals surface area contributed by atoms with E-state index in [1.165, 1.54) is 0 Å². The summed E-state index contributed by atoms with van der Waals surface area (Å²) in [6, 6.07) is 17.8. The molecule has 2 heterocycles. The van der Waals surface area contributed by atoms with Crippen LogP contribution in [0.2, 0.25) is 0 Å². The molecule has 0 aliphatic rings. The summed E-state index contributed by atoms with van der Waals surface area (Å²) in [5, 5.41) is 12.5. The van der Waals surface area contributed by atoms with Gasteiger partial charge in [0.05, 0.1) is 5.56 Å². The molecule has 0 unspecified atom stereocenters. The second-order valence-electron chi connectivity index (χ2n) is 4.81. The molecule has 1 N–H and O–H groups in total. The van der Waals surface area contributed by atoms with Crippen LogP contribution in [0.3, 0.4) is 0 Å². The molecular weight excluding hydrogens is 272 g/mol. The number of nitriles is 1. The fraction of sp³-hybridized carbons (Fsp3) is 0.0556. The summed E-state index contributed by atoms with van der Waals surface area (Å²) in [6.07, 6.45) is 5.30. The number of benzene rings is 1. The maximum absolute atomic E-state index is 9.34. The molecule has 0 atom stereocenters. The van der Waals surface area contributed by atoms with E-state index < -0.39 is 0 Å². The lowest BCUT2D eigenvalue weighted by molar-refractivity contribution is 1.08. The first-order valence-corrected chi connectivity index (χ1v) is 6.95. The summed E-state index contributed by atoms with van der Waals surface area (Å²) in [4.78, 5) is 8.45. The fourth-order valence-corrected chi connectivity index (χ4v) is 2.17. The number of nitrogens with zero attached hydrogens (tertiary/aromatic N) is 3. The van der Waals surface area contributed by atoms with Gasteiger partial charge in [0.25, 0.3) is 0 Å². The molecule has 0 radical (unpaired) electrons. The first-order chi connectivity index (χ1) is 10.9. The first-order valence-electron chi connectivity index (χ1n) is 6.95. The Morgan fingerprint density at radius 2 is 1.86 bits per heavy atom. The van der Waals surface area contributed by atoms with E-state index in [4.69, 9.17) is 0 Å². The molecular formula is C18H14N4. The molecule has 4 nitrogen and oxygen atoms in total. The van der Waals surface area contributed by atoms with Gasteiger partial charge in [0.2, 0.25) is 0 Å². The van der Waals surface area contributed by atoms with E-state index in [1.54, 1.807) is 18.6 Å². The van der Waals surface area contributed by atoms with Crippen LogP contribution in [-0.4, -0.2) is 9.97 Å². The number of hydrogen-bond donors (Lipinski definition) is 1. The topological polar surface area (TPSA) is 61.6 Å². The smallest absolute Gasteiger partial charge is 0.144 e. The highest BCUT2D eigenvalue weighted by Gasteiger charge is 2.06. The summed E-state index contributed by atoms with van der Waals surface area (Å²) in [6.45, 7) is 0.584. The quantitative estimate of drug-likeness (QED) is 0.795. The minimum absolute atomic E-state index is 0.533. The monoisotopic (exact) mass is 286 g/mol. The summed E-state index contributed by atoms with van der Waals surface area (Å²) in [5.41, 5.74) is 3.56. The van der Waals surface area contributed by atoms with Gasteiger partial charge in [0.1, 0.15) is 11.9 Å². The Labute approximate surface area is 129 Å². The number of hydrogen-bond acceptors (Lipinski definition) is 4. The molecule has 0 saturated carbocycles. The molecule has 4 heteroatoms. The zero-order chi connectivity index (χ0) is 15.2. The van der Waals surface area contributed by atoms with Crippen LogP contribution >= 0.6 is 0 Å². The SMILES string of the molecule is N#Cc1cc(-c2ccccc2)cnc1NCc1cccnc1. The van der Waals surface area contributed by atoms with E-state index in [2.05, 4.69) is 21.4 Å². The van der Waals surface area contributed by atoms with Crippen molar-refractivity contribution in [2.75, 3.05) is 5.32 Å². The van der Waals surface area contributed by atoms with E-state index in [1.807, 2.05) is 48.5 Å². The molecule has 2 aromatic heterocycles. The lowest BCUT2D eigenvalue weighted by atomic mass is 10.1. The fourth-order valence-electron chi connectivity index (χ4n) is 2.17. The molecule has 3 aromatic rings. The van der Waals surface area contributed by atoms with Gasteiger partial charge in [-0.05, 0) is 23.3 Å². The normalized spacial score (nSPS) is 9.95. The van der Waals surface area contributed by atoms with E-state index >= 15 is 0 Å². The van der Waals surface area contributed by atoms with Gasteiger partial charge in [-0.1, -0.05) is 36.4 Å². The van der Waals surface area contributed by atoms with E-state index in [-0.39, 0.29) is 0 Å². The predicted molar refractivity (Wildman–Crippen MR) is 86.0 cm³/mol. The Balaban J connectivity index is 1.83. The first kappa shape index (κ1) is 13.8. The third kappa shape index (κ3) is 3.10. The van der Waals surface area contributed by atoms with E-state index in [0.29, 0.717) is 17.9 Å². The highest BCUT2D eigenvalue weighted by molar-refractivity contribution is 5.67. The predicted octanol–water partition coefficient (Wildman–Crippen LogP) is 3.63. The van der Waals surface area contributed by atoms with Gasteiger partial charge >= 0.3 is 0 Å². The number of anilines is 1. The Morgan fingerprint density at radius 1 is 1.00 bits per heavy atom. The van der Waals surface area contributed by atoms with Crippen LogP contribution in [0.5, 0.6) is 0 Å². The van der Waals surface area contributed by atoms with Crippen LogP contribution in [-0.2, 0) is 6.54 Å². The Bertz CT molecular complexity index is 792. The van der Waals surface area contributed by atoms with Gasteiger partial charge in [0, 0.05) is 30.7 Å². The third-order valence-electron chi connectivity index (χ3n) is 3.30. The van der Waals surface area contributed by atoms with Gasteiger partial charge in [-0.2, -0.15) is 5.26 Å². The number of nitrogens with one attached hydrogen (secondary N) is 1. The minimum Gasteiger partial charge on any atom is -0.365 e. The van der Waals surface area contributed by atoms with Crippen LogP contribution in [0.1, 0.15) is 11.1 Å². The van der Waals surface area contributed by atoms with Gasteiger partial charge in [-0.3, -0.25) is 4.98 Å². The average molecular weight is 286 g/mol. The van der Waals surface area contributed by atoms with Gasteiger partial charge < -0.3 is 5.32 Å². The summed E-state index contributed by atoms with van der Waals surface area (Å²) in [7, 11) is 0. The molecule has 0 bridgehead atoms. The van der Waals surface area contributed by atoms with Crippen molar-refractivity contribution >= 4 is 5.82 Å². The molecule has 106 valence electrons. The van der Waals surface area contributed by atoms with Crippen molar-refractivity contribution < 1.29 is 0 Å². The zero-order valence-electron chi connectivity index (χ0n) is 11.9. The summed E-state index contributed by atoms with van der Waals surface area (Å²) < 4.78 is 0. The molecule has 1 aromatic carbocycles. The standard InChI is InChI=1S/C18H14N4/c19-10-16-9-17(15-6-2-1-3-7-15)13-22-18(16)21-12-14-5-4-8-20-11-14/h1-9,11,13H,12H2,(H,21,22). The molecule has 22 heavy (non-hydrogen) atoms. The van der Waals surface area contributed by atoms with E-state index in [0.717, 1.165) is 16.7 Å². The van der Waals surface area contributed by atoms with Gasteiger partial charge in [0.15, 0.2) is 0 Å². The number of pyridine rings is 2. The molecule has 0 saturated heterocycles. The van der Waals surface area contributed by atoms with Crippen LogP contribution in [0.4, 0.5) is 5.82 Å². The molecule has 0 aliphatic carbocycles. The van der Waals surface area contributed by atoms with Crippen LogP contribution in [0.25, 0.3) is 11.1 Å². The van der Waals surface area contributed by atoms with Crippen molar-refractivity contribution in [1.82, 2.24) is 9.97 Å². The lowest BCUT2D eigenvalue weighted by Crippen LogP contribution is -2.03. The van der Waals surface area contributed by atoms with Crippen molar-refractivity contribution in [2.45, 2.75) is 6.54 Å². The van der Waals surface area contributed by atoms with Gasteiger partial charge in [-0.25, -0.2) is 4.98 Å². The number of aromatic nitrogens is 2.